The van der Waals surface area contributed by atoms with Gasteiger partial charge in [-0.1, -0.05) is 0 Å². The van der Waals surface area contributed by atoms with Crippen LogP contribution < -0.4 is 26.6 Å². The first-order valence-electron chi connectivity index (χ1n) is 6.32. The summed E-state index contributed by atoms with van der Waals surface area (Å²) in [4.78, 5) is 23.5. The van der Waals surface area contributed by atoms with Crippen molar-refractivity contribution in [2.24, 2.45) is 0 Å². The number of alkyl halides is 1. The second-order valence-electron chi connectivity index (χ2n) is 4.87. The number of fused-ring (bicyclic) bond motifs is 2. The van der Waals surface area contributed by atoms with Gasteiger partial charge in [-0.3, -0.25) is 0 Å². The van der Waals surface area contributed by atoms with Gasteiger partial charge >= 0.3 is 131 Å². The fraction of sp³-hybridized carbons (Fsp3) is 0.125. The first-order chi connectivity index (χ1) is 9.98. The van der Waals surface area contributed by atoms with Crippen molar-refractivity contribution in [3.63, 3.8) is 0 Å². The Kier molecular flexibility index (Phi) is 3.44. The number of hydrogen-bond donors (Lipinski definition) is 1. The van der Waals surface area contributed by atoms with E-state index in [-0.39, 0.29) is 5.43 Å². The first-order valence-corrected chi connectivity index (χ1v) is 8.47. The number of halogens is 1. The summed E-state index contributed by atoms with van der Waals surface area (Å²) in [5.41, 5.74) is 0.921. The van der Waals surface area contributed by atoms with Gasteiger partial charge in [-0.25, -0.2) is 0 Å². The van der Waals surface area contributed by atoms with Crippen LogP contribution in [0.1, 0.15) is 18.2 Å². The summed E-state index contributed by atoms with van der Waals surface area (Å²) in [5, 5.41) is 9.58. The molecule has 0 saturated heterocycles. The Morgan fingerprint density at radius 1 is 1.24 bits per heavy atom. The summed E-state index contributed by atoms with van der Waals surface area (Å²) in [6.45, 7) is 1.86. The van der Waals surface area contributed by atoms with Gasteiger partial charge in [-0.05, 0) is 0 Å². The van der Waals surface area contributed by atoms with E-state index < -0.39 is 28.6 Å². The molecule has 1 aromatic heterocycles. The van der Waals surface area contributed by atoms with Crippen molar-refractivity contribution in [1.29, 1.82) is 0 Å². The van der Waals surface area contributed by atoms with Gasteiger partial charge in [0.15, 0.2) is 0 Å². The van der Waals surface area contributed by atoms with E-state index in [1.54, 1.807) is 36.4 Å². The van der Waals surface area contributed by atoms with Crippen molar-refractivity contribution >= 4 is 27.1 Å². The molecule has 2 aromatic rings. The molecule has 0 spiro atoms. The van der Waals surface area contributed by atoms with Gasteiger partial charge in [-0.15, -0.1) is 0 Å². The summed E-state index contributed by atoms with van der Waals surface area (Å²) in [6.07, 6.45) is 7.01. The number of carbonyl (C=O) groups is 1. The van der Waals surface area contributed by atoms with Gasteiger partial charge in [0.2, 0.25) is 0 Å². The number of carboxylic acid groups (broad SMARTS) is 1. The van der Waals surface area contributed by atoms with E-state index in [2.05, 4.69) is 0 Å². The monoisotopic (exact) mass is 395 g/mol. The van der Waals surface area contributed by atoms with Crippen LogP contribution >= 0.6 is 0 Å². The molecule has 108 valence electrons. The quantitative estimate of drug-likeness (QED) is 0.453. The van der Waals surface area contributed by atoms with Crippen LogP contribution in [0.5, 0.6) is 0 Å². The average molecular weight is 395 g/mol. The van der Waals surface area contributed by atoms with Crippen molar-refractivity contribution < 1.29 is 35.5 Å². The van der Waals surface area contributed by atoms with Gasteiger partial charge in [0.1, 0.15) is 0 Å². The molecule has 0 saturated carbocycles. The summed E-state index contributed by atoms with van der Waals surface area (Å²) >= 11 is -1.11. The molecule has 3 rings (SSSR count). The molecule has 1 N–H and O–H groups in total. The molecule has 1 heterocycles. The van der Waals surface area contributed by atoms with E-state index in [4.69, 9.17) is 9.52 Å². The molecule has 0 fully saturated rings. The van der Waals surface area contributed by atoms with Gasteiger partial charge < -0.3 is 0 Å². The Bertz CT molecular complexity index is 847. The Balaban J connectivity index is 2.20. The van der Waals surface area contributed by atoms with Crippen molar-refractivity contribution in [3.05, 3.63) is 58.0 Å². The molecule has 0 aliphatic heterocycles. The molecule has 5 heteroatoms. The normalized spacial score (nSPS) is 20.4. The topological polar surface area (TPSA) is 67.5 Å². The third kappa shape index (κ3) is 2.65. The molecule has 0 bridgehead atoms. The van der Waals surface area contributed by atoms with Crippen LogP contribution in [0.4, 0.5) is 4.79 Å². The average Bonchev–Trinajstić information content (AvgIpc) is 2.59. The van der Waals surface area contributed by atoms with Gasteiger partial charge in [0.05, 0.1) is 0 Å². The molecule has 1 aliphatic rings. The number of rotatable bonds is 2. The molecule has 1 aromatic carbocycles. The van der Waals surface area contributed by atoms with E-state index in [0.717, 1.165) is 0 Å². The molecular weight excluding hydrogens is 383 g/mol. The maximum atomic E-state index is 12.5. The van der Waals surface area contributed by atoms with Crippen molar-refractivity contribution in [2.75, 3.05) is 0 Å². The van der Waals surface area contributed by atoms with Crippen LogP contribution in [0, 0.1) is 0 Å². The Morgan fingerprint density at radius 3 is 2.71 bits per heavy atom. The fourth-order valence-corrected chi connectivity index (χ4v) is 3.95. The Hall–Kier alpha value is -1.89. The van der Waals surface area contributed by atoms with Crippen molar-refractivity contribution in [3.8, 4) is 0 Å². The molecule has 0 amide bonds. The van der Waals surface area contributed by atoms with Crippen LogP contribution in [0.3, 0.4) is 0 Å². The van der Waals surface area contributed by atoms with E-state index in [1.807, 2.05) is 19.1 Å². The predicted molar refractivity (Wildman–Crippen MR) is 77.0 cm³/mol. The predicted octanol–water partition coefficient (Wildman–Crippen LogP) is 0.359. The summed E-state index contributed by atoms with van der Waals surface area (Å²) in [6, 6.07) is 7.09. The second kappa shape index (κ2) is 5.14. The SMILES string of the molecule is CC1([I-]C(=O)O)C=Cc2oc3ccccc3c(=O)c2C=C1. The number of allylic oxidation sites excluding steroid dienone is 2. The summed E-state index contributed by atoms with van der Waals surface area (Å²) < 4.78 is 4.46. The zero-order chi connectivity index (χ0) is 15.0. The van der Waals surface area contributed by atoms with Crippen LogP contribution in [0.15, 0.2) is 45.6 Å². The number of hydrogen-bond acceptors (Lipinski definition) is 3. The molecule has 21 heavy (non-hydrogen) atoms. The molecule has 1 unspecified atom stereocenters. The fourth-order valence-electron chi connectivity index (χ4n) is 2.23. The molecule has 1 atom stereocenters. The molecule has 0 radical (unpaired) electrons. The zero-order valence-electron chi connectivity index (χ0n) is 11.2. The first kappa shape index (κ1) is 14.1. The Labute approximate surface area is 131 Å². The standard InChI is InChI=1S/C16H12IO4/c1-16(17-15(19)20)8-6-11-13(7-9-16)21-12-5-3-2-4-10(12)14(11)18/h2-9H,1H3,(H,19,20)/q-1. The van der Waals surface area contributed by atoms with E-state index >= 15 is 0 Å². The van der Waals surface area contributed by atoms with Crippen LogP contribution in [-0.2, 0) is 0 Å². The van der Waals surface area contributed by atoms with Gasteiger partial charge in [0.25, 0.3) is 0 Å². The number of para-hydroxylation sites is 1. The van der Waals surface area contributed by atoms with Gasteiger partial charge in [0, 0.05) is 0 Å². The number of benzene rings is 1. The van der Waals surface area contributed by atoms with E-state index in [0.29, 0.717) is 22.3 Å². The third-order valence-electron chi connectivity index (χ3n) is 3.28. The van der Waals surface area contributed by atoms with Crippen LogP contribution in [0.25, 0.3) is 23.1 Å². The molecule has 4 nitrogen and oxygen atoms in total. The molecule has 1 aliphatic carbocycles. The van der Waals surface area contributed by atoms with Crippen molar-refractivity contribution in [2.45, 2.75) is 10.3 Å². The second-order valence-corrected chi connectivity index (χ2v) is 8.66. The zero-order valence-corrected chi connectivity index (χ0v) is 13.3. The minimum absolute atomic E-state index is 0.0921. The van der Waals surface area contributed by atoms with Gasteiger partial charge in [-0.2, -0.15) is 0 Å². The summed E-state index contributed by atoms with van der Waals surface area (Å²) in [5.74, 6) is 0.480. The Morgan fingerprint density at radius 2 is 1.95 bits per heavy atom. The van der Waals surface area contributed by atoms with E-state index in [9.17, 15) is 9.59 Å². The molecular formula is C16H12IO4-. The minimum atomic E-state index is -1.11. The summed E-state index contributed by atoms with van der Waals surface area (Å²) in [7, 11) is 0. The van der Waals surface area contributed by atoms with Crippen LogP contribution in [-0.4, -0.2) is 12.5 Å². The van der Waals surface area contributed by atoms with Crippen molar-refractivity contribution in [1.82, 2.24) is 0 Å². The third-order valence-corrected chi connectivity index (χ3v) is 5.63. The maximum absolute atomic E-state index is 12.5. The van der Waals surface area contributed by atoms with E-state index in [1.165, 1.54) is 0 Å². The van der Waals surface area contributed by atoms with Crippen LogP contribution in [0.2, 0.25) is 0 Å².